The molecule has 0 amide bonds. The van der Waals surface area contributed by atoms with Crippen LogP contribution in [0.4, 0.5) is 13.2 Å². The minimum atomic E-state index is -4.40. The molecule has 0 unspecified atom stereocenters. The lowest BCUT2D eigenvalue weighted by atomic mass is 9.85. The van der Waals surface area contributed by atoms with Gasteiger partial charge in [-0.3, -0.25) is 0 Å². The summed E-state index contributed by atoms with van der Waals surface area (Å²) >= 11 is 3.02. The number of hydrogen-bond donors (Lipinski definition) is 1. The third-order valence-corrected chi connectivity index (χ3v) is 3.04. The zero-order chi connectivity index (χ0) is 12.0. The van der Waals surface area contributed by atoms with Crippen LogP contribution < -0.4 is 5.73 Å². The number of alkyl halides is 3. The predicted molar refractivity (Wildman–Crippen MR) is 55.8 cm³/mol. The summed E-state index contributed by atoms with van der Waals surface area (Å²) in [6.07, 6.45) is -4.40. The lowest BCUT2D eigenvalue weighted by molar-refractivity contribution is -0.141. The van der Waals surface area contributed by atoms with Gasteiger partial charge in [0, 0.05) is 4.47 Å². The van der Waals surface area contributed by atoms with Gasteiger partial charge in [0.05, 0.1) is 24.3 Å². The number of halogens is 4. The first-order valence-corrected chi connectivity index (χ1v) is 5.36. The molecule has 1 aromatic carbocycles. The van der Waals surface area contributed by atoms with Crippen molar-refractivity contribution in [2.75, 3.05) is 13.2 Å². The summed E-state index contributed by atoms with van der Waals surface area (Å²) in [6.45, 7) is 0.245. The SMILES string of the molecule is NC1(c2ccc(Br)cc2C(F)(F)F)COC1. The molecule has 1 fully saturated rings. The number of hydrogen-bond acceptors (Lipinski definition) is 2. The summed E-state index contributed by atoms with van der Waals surface area (Å²) in [4.78, 5) is 0. The van der Waals surface area contributed by atoms with Gasteiger partial charge < -0.3 is 10.5 Å². The number of ether oxygens (including phenoxy) is 1. The van der Waals surface area contributed by atoms with Crippen LogP contribution in [0, 0.1) is 0 Å². The average molecular weight is 296 g/mol. The van der Waals surface area contributed by atoms with E-state index in [1.54, 1.807) is 6.07 Å². The quantitative estimate of drug-likeness (QED) is 0.864. The largest absolute Gasteiger partial charge is 0.416 e. The second-order valence-electron chi connectivity index (χ2n) is 3.84. The van der Waals surface area contributed by atoms with Gasteiger partial charge in [-0.2, -0.15) is 13.2 Å². The lowest BCUT2D eigenvalue weighted by Gasteiger charge is -2.39. The van der Waals surface area contributed by atoms with Gasteiger partial charge in [-0.15, -0.1) is 0 Å². The fraction of sp³-hybridized carbons (Fsp3) is 0.400. The smallest absolute Gasteiger partial charge is 0.377 e. The highest BCUT2D eigenvalue weighted by Crippen LogP contribution is 2.39. The minimum absolute atomic E-state index is 0.0921. The van der Waals surface area contributed by atoms with Crippen LogP contribution in [0.2, 0.25) is 0 Å². The molecule has 1 heterocycles. The molecule has 0 spiro atoms. The molecule has 0 radical (unpaired) electrons. The molecule has 0 atom stereocenters. The van der Waals surface area contributed by atoms with Gasteiger partial charge in [-0.25, -0.2) is 0 Å². The Bertz CT molecular complexity index is 415. The van der Waals surface area contributed by atoms with E-state index in [9.17, 15) is 13.2 Å². The van der Waals surface area contributed by atoms with Crippen molar-refractivity contribution in [1.82, 2.24) is 0 Å². The number of benzene rings is 1. The van der Waals surface area contributed by atoms with Crippen LogP contribution in [0.15, 0.2) is 22.7 Å². The molecular formula is C10H9BrF3NO. The van der Waals surface area contributed by atoms with Crippen LogP contribution in [-0.4, -0.2) is 13.2 Å². The van der Waals surface area contributed by atoms with E-state index in [0.29, 0.717) is 4.47 Å². The maximum Gasteiger partial charge on any atom is 0.416 e. The molecule has 0 bridgehead atoms. The van der Waals surface area contributed by atoms with Gasteiger partial charge in [0.1, 0.15) is 0 Å². The monoisotopic (exact) mass is 295 g/mol. The maximum absolute atomic E-state index is 12.8. The minimum Gasteiger partial charge on any atom is -0.377 e. The van der Waals surface area contributed by atoms with Crippen molar-refractivity contribution < 1.29 is 17.9 Å². The summed E-state index contributed by atoms with van der Waals surface area (Å²) in [5.74, 6) is 0. The molecule has 16 heavy (non-hydrogen) atoms. The van der Waals surface area contributed by atoms with Crippen LogP contribution >= 0.6 is 15.9 Å². The lowest BCUT2D eigenvalue weighted by Crippen LogP contribution is -2.55. The Balaban J connectivity index is 2.52. The molecule has 1 aromatic rings. The van der Waals surface area contributed by atoms with Crippen molar-refractivity contribution >= 4 is 15.9 Å². The summed E-state index contributed by atoms with van der Waals surface area (Å²) in [5.41, 5.74) is 4.21. The van der Waals surface area contributed by atoms with Crippen molar-refractivity contribution in [2.45, 2.75) is 11.7 Å². The summed E-state index contributed by atoms with van der Waals surface area (Å²) < 4.78 is 43.7. The number of rotatable bonds is 1. The van der Waals surface area contributed by atoms with Crippen LogP contribution in [-0.2, 0) is 16.5 Å². The average Bonchev–Trinajstić information content (AvgIpc) is 2.13. The van der Waals surface area contributed by atoms with E-state index in [1.165, 1.54) is 6.07 Å². The maximum atomic E-state index is 12.8. The molecule has 0 saturated carbocycles. The first kappa shape index (κ1) is 11.9. The molecule has 88 valence electrons. The third kappa shape index (κ3) is 1.97. The molecule has 6 heteroatoms. The van der Waals surface area contributed by atoms with Crippen molar-refractivity contribution in [2.24, 2.45) is 5.73 Å². The van der Waals surface area contributed by atoms with Crippen molar-refractivity contribution in [3.05, 3.63) is 33.8 Å². The second-order valence-corrected chi connectivity index (χ2v) is 4.75. The third-order valence-electron chi connectivity index (χ3n) is 2.54. The van der Waals surface area contributed by atoms with E-state index in [2.05, 4.69) is 15.9 Å². The molecule has 2 N–H and O–H groups in total. The fourth-order valence-corrected chi connectivity index (χ4v) is 2.02. The van der Waals surface area contributed by atoms with Crippen molar-refractivity contribution in [3.63, 3.8) is 0 Å². The van der Waals surface area contributed by atoms with E-state index in [-0.39, 0.29) is 18.8 Å². The van der Waals surface area contributed by atoms with E-state index in [0.717, 1.165) is 6.07 Å². The van der Waals surface area contributed by atoms with Gasteiger partial charge in [0.2, 0.25) is 0 Å². The topological polar surface area (TPSA) is 35.2 Å². The summed E-state index contributed by atoms with van der Waals surface area (Å²) in [5, 5.41) is 0. The fourth-order valence-electron chi connectivity index (χ4n) is 1.66. The highest BCUT2D eigenvalue weighted by atomic mass is 79.9. The molecule has 1 saturated heterocycles. The van der Waals surface area contributed by atoms with Crippen LogP contribution in [0.25, 0.3) is 0 Å². The zero-order valence-electron chi connectivity index (χ0n) is 8.14. The Labute approximate surface area is 98.7 Å². The summed E-state index contributed by atoms with van der Waals surface area (Å²) in [6, 6.07) is 4.00. The highest BCUT2D eigenvalue weighted by molar-refractivity contribution is 9.10. The Morgan fingerprint density at radius 2 is 1.94 bits per heavy atom. The molecular weight excluding hydrogens is 287 g/mol. The first-order chi connectivity index (χ1) is 7.33. The van der Waals surface area contributed by atoms with Crippen LogP contribution in [0.1, 0.15) is 11.1 Å². The molecule has 0 aliphatic carbocycles. The molecule has 1 aliphatic heterocycles. The molecule has 1 aliphatic rings. The summed E-state index contributed by atoms with van der Waals surface area (Å²) in [7, 11) is 0. The van der Waals surface area contributed by atoms with Crippen LogP contribution in [0.3, 0.4) is 0 Å². The van der Waals surface area contributed by atoms with Gasteiger partial charge >= 0.3 is 6.18 Å². The molecule has 2 rings (SSSR count). The van der Waals surface area contributed by atoms with Crippen molar-refractivity contribution in [1.29, 1.82) is 0 Å². The standard InChI is InChI=1S/C10H9BrF3NO/c11-6-1-2-7(9(15)4-16-5-9)8(3-6)10(12,13)14/h1-3H,4-5,15H2. The van der Waals surface area contributed by atoms with E-state index < -0.39 is 17.3 Å². The first-order valence-electron chi connectivity index (χ1n) is 4.57. The number of nitrogens with two attached hydrogens (primary N) is 1. The normalized spacial score (nSPS) is 19.3. The Morgan fingerprint density at radius 1 is 1.31 bits per heavy atom. The van der Waals surface area contributed by atoms with E-state index in [1.807, 2.05) is 0 Å². The Morgan fingerprint density at radius 3 is 2.38 bits per heavy atom. The predicted octanol–water partition coefficient (Wildman–Crippen LogP) is 2.65. The van der Waals surface area contributed by atoms with Crippen molar-refractivity contribution in [3.8, 4) is 0 Å². The van der Waals surface area contributed by atoms with Crippen LogP contribution in [0.5, 0.6) is 0 Å². The van der Waals surface area contributed by atoms with Gasteiger partial charge in [-0.05, 0) is 17.7 Å². The Kier molecular flexibility index (Phi) is 2.76. The molecule has 0 aromatic heterocycles. The zero-order valence-corrected chi connectivity index (χ0v) is 9.73. The van der Waals surface area contributed by atoms with E-state index >= 15 is 0 Å². The van der Waals surface area contributed by atoms with Gasteiger partial charge in [-0.1, -0.05) is 22.0 Å². The van der Waals surface area contributed by atoms with E-state index in [4.69, 9.17) is 10.5 Å². The molecule has 2 nitrogen and oxygen atoms in total. The second kappa shape index (κ2) is 3.72. The van der Waals surface area contributed by atoms with Gasteiger partial charge in [0.15, 0.2) is 0 Å². The Hall–Kier alpha value is -0.590. The highest BCUT2D eigenvalue weighted by Gasteiger charge is 2.43. The van der Waals surface area contributed by atoms with Gasteiger partial charge in [0.25, 0.3) is 0 Å².